The van der Waals surface area contributed by atoms with Gasteiger partial charge < -0.3 is 10.1 Å². The van der Waals surface area contributed by atoms with Crippen molar-refractivity contribution in [3.63, 3.8) is 0 Å². The third-order valence-electron chi connectivity index (χ3n) is 4.69. The van der Waals surface area contributed by atoms with Crippen LogP contribution in [0, 0.1) is 11.8 Å². The lowest BCUT2D eigenvalue weighted by atomic mass is 9.81. The molecular formula is C16H31NO. The molecule has 2 saturated carbocycles. The maximum absolute atomic E-state index is 6.37. The van der Waals surface area contributed by atoms with E-state index in [4.69, 9.17) is 4.74 Å². The van der Waals surface area contributed by atoms with E-state index in [0.717, 1.165) is 24.4 Å². The molecule has 106 valence electrons. The minimum Gasteiger partial charge on any atom is -0.375 e. The first-order valence-corrected chi connectivity index (χ1v) is 8.06. The van der Waals surface area contributed by atoms with Gasteiger partial charge in [0.1, 0.15) is 0 Å². The standard InChI is InChI=1S/C16H31NO/c1-4-17-14-5-7-15(8-6-14)18-16-10-12(2)9-13(3)11-16/h12-17H,4-11H2,1-3H3. The third kappa shape index (κ3) is 4.24. The predicted octanol–water partition coefficient (Wildman–Crippen LogP) is 3.75. The first-order chi connectivity index (χ1) is 8.67. The van der Waals surface area contributed by atoms with E-state index in [-0.39, 0.29) is 0 Å². The van der Waals surface area contributed by atoms with Crippen LogP contribution in [0.15, 0.2) is 0 Å². The molecule has 2 unspecified atom stereocenters. The van der Waals surface area contributed by atoms with Crippen molar-refractivity contribution in [1.82, 2.24) is 5.32 Å². The average Bonchev–Trinajstić information content (AvgIpc) is 2.31. The van der Waals surface area contributed by atoms with E-state index in [0.29, 0.717) is 12.2 Å². The number of rotatable bonds is 4. The SMILES string of the molecule is CCNC1CCC(OC2CC(C)CC(C)C2)CC1. The molecule has 18 heavy (non-hydrogen) atoms. The molecule has 0 saturated heterocycles. The van der Waals surface area contributed by atoms with E-state index in [9.17, 15) is 0 Å². The molecule has 0 spiro atoms. The second-order valence-corrected chi connectivity index (χ2v) is 6.71. The van der Waals surface area contributed by atoms with Gasteiger partial charge in [-0.3, -0.25) is 0 Å². The third-order valence-corrected chi connectivity index (χ3v) is 4.69. The van der Waals surface area contributed by atoms with Crippen LogP contribution in [-0.4, -0.2) is 24.8 Å². The summed E-state index contributed by atoms with van der Waals surface area (Å²) >= 11 is 0. The van der Waals surface area contributed by atoms with Crippen LogP contribution in [0.1, 0.15) is 65.7 Å². The van der Waals surface area contributed by atoms with Gasteiger partial charge in [-0.2, -0.15) is 0 Å². The highest BCUT2D eigenvalue weighted by Gasteiger charge is 2.28. The summed E-state index contributed by atoms with van der Waals surface area (Å²) in [6.45, 7) is 8.07. The normalized spacial score (nSPS) is 41.8. The minimum atomic E-state index is 0.544. The Morgan fingerprint density at radius 2 is 1.50 bits per heavy atom. The Labute approximate surface area is 113 Å². The first kappa shape index (κ1) is 14.3. The Morgan fingerprint density at radius 1 is 0.889 bits per heavy atom. The van der Waals surface area contributed by atoms with Crippen molar-refractivity contribution in [2.45, 2.75) is 84.0 Å². The van der Waals surface area contributed by atoms with Crippen molar-refractivity contribution in [2.75, 3.05) is 6.54 Å². The van der Waals surface area contributed by atoms with Gasteiger partial charge in [-0.15, -0.1) is 0 Å². The summed E-state index contributed by atoms with van der Waals surface area (Å²) in [5.41, 5.74) is 0. The molecule has 0 amide bonds. The average molecular weight is 253 g/mol. The van der Waals surface area contributed by atoms with Crippen LogP contribution in [0.4, 0.5) is 0 Å². The second kappa shape index (κ2) is 6.91. The molecule has 2 rings (SSSR count). The summed E-state index contributed by atoms with van der Waals surface area (Å²) in [4.78, 5) is 0. The van der Waals surface area contributed by atoms with Crippen LogP contribution < -0.4 is 5.32 Å². The molecule has 0 heterocycles. The molecule has 2 aliphatic carbocycles. The van der Waals surface area contributed by atoms with Crippen LogP contribution >= 0.6 is 0 Å². The number of nitrogens with one attached hydrogen (secondary N) is 1. The molecule has 0 aromatic carbocycles. The van der Waals surface area contributed by atoms with Crippen molar-refractivity contribution >= 4 is 0 Å². The van der Waals surface area contributed by atoms with Gasteiger partial charge in [0.2, 0.25) is 0 Å². The molecule has 2 atom stereocenters. The monoisotopic (exact) mass is 253 g/mol. The fraction of sp³-hybridized carbons (Fsp3) is 1.00. The highest BCUT2D eigenvalue weighted by Crippen LogP contribution is 2.33. The molecule has 0 radical (unpaired) electrons. The summed E-state index contributed by atoms with van der Waals surface area (Å²) in [6, 6.07) is 0.749. The summed E-state index contributed by atoms with van der Waals surface area (Å²) < 4.78 is 6.37. The molecule has 2 nitrogen and oxygen atoms in total. The smallest absolute Gasteiger partial charge is 0.0584 e. The lowest BCUT2D eigenvalue weighted by Crippen LogP contribution is -2.37. The fourth-order valence-corrected chi connectivity index (χ4v) is 3.95. The zero-order chi connectivity index (χ0) is 13.0. The molecule has 2 heteroatoms. The lowest BCUT2D eigenvalue weighted by molar-refractivity contribution is -0.0643. The van der Waals surface area contributed by atoms with Crippen molar-refractivity contribution in [2.24, 2.45) is 11.8 Å². The van der Waals surface area contributed by atoms with Gasteiger partial charge in [0, 0.05) is 6.04 Å². The number of ether oxygens (including phenoxy) is 1. The van der Waals surface area contributed by atoms with Crippen LogP contribution in [0.2, 0.25) is 0 Å². The van der Waals surface area contributed by atoms with Gasteiger partial charge in [0.25, 0.3) is 0 Å². The van der Waals surface area contributed by atoms with Crippen LogP contribution in [0.5, 0.6) is 0 Å². The molecule has 2 fully saturated rings. The Kier molecular flexibility index (Phi) is 5.50. The van der Waals surface area contributed by atoms with Crippen molar-refractivity contribution in [1.29, 1.82) is 0 Å². The molecule has 2 aliphatic rings. The Morgan fingerprint density at radius 3 is 2.06 bits per heavy atom. The number of hydrogen-bond donors (Lipinski definition) is 1. The summed E-state index contributed by atoms with van der Waals surface area (Å²) in [7, 11) is 0. The molecule has 0 aromatic rings. The summed E-state index contributed by atoms with van der Waals surface area (Å²) in [5, 5.41) is 3.57. The van der Waals surface area contributed by atoms with Crippen molar-refractivity contribution in [3.8, 4) is 0 Å². The zero-order valence-electron chi connectivity index (χ0n) is 12.5. The minimum absolute atomic E-state index is 0.544. The maximum atomic E-state index is 6.37. The van der Waals surface area contributed by atoms with Gasteiger partial charge in [0.15, 0.2) is 0 Å². The summed E-state index contributed by atoms with van der Waals surface area (Å²) in [5.74, 6) is 1.72. The van der Waals surface area contributed by atoms with Gasteiger partial charge >= 0.3 is 0 Å². The van der Waals surface area contributed by atoms with Crippen LogP contribution in [0.25, 0.3) is 0 Å². The highest BCUT2D eigenvalue weighted by molar-refractivity contribution is 4.80. The van der Waals surface area contributed by atoms with Crippen molar-refractivity contribution < 1.29 is 4.74 Å². The second-order valence-electron chi connectivity index (χ2n) is 6.71. The molecule has 1 N–H and O–H groups in total. The largest absolute Gasteiger partial charge is 0.375 e. The topological polar surface area (TPSA) is 21.3 Å². The maximum Gasteiger partial charge on any atom is 0.0584 e. The van der Waals surface area contributed by atoms with Crippen LogP contribution in [0.3, 0.4) is 0 Å². The van der Waals surface area contributed by atoms with Crippen LogP contribution in [-0.2, 0) is 4.74 Å². The van der Waals surface area contributed by atoms with Gasteiger partial charge in [-0.25, -0.2) is 0 Å². The Bertz CT molecular complexity index is 225. The van der Waals surface area contributed by atoms with Crippen molar-refractivity contribution in [3.05, 3.63) is 0 Å². The van der Waals surface area contributed by atoms with Gasteiger partial charge in [0.05, 0.1) is 12.2 Å². The Hall–Kier alpha value is -0.0800. The predicted molar refractivity (Wildman–Crippen MR) is 76.8 cm³/mol. The first-order valence-electron chi connectivity index (χ1n) is 8.06. The highest BCUT2D eigenvalue weighted by atomic mass is 16.5. The summed E-state index contributed by atoms with van der Waals surface area (Å²) in [6.07, 6.45) is 10.2. The van der Waals surface area contributed by atoms with Gasteiger partial charge in [-0.1, -0.05) is 20.8 Å². The van der Waals surface area contributed by atoms with E-state index in [1.165, 1.54) is 44.9 Å². The molecule has 0 bridgehead atoms. The molecule has 0 aliphatic heterocycles. The van der Waals surface area contributed by atoms with E-state index in [2.05, 4.69) is 26.1 Å². The molecule has 0 aromatic heterocycles. The fourth-order valence-electron chi connectivity index (χ4n) is 3.95. The van der Waals surface area contributed by atoms with E-state index < -0.39 is 0 Å². The quantitative estimate of drug-likeness (QED) is 0.824. The van der Waals surface area contributed by atoms with E-state index >= 15 is 0 Å². The molecular weight excluding hydrogens is 222 g/mol. The van der Waals surface area contributed by atoms with E-state index in [1.807, 2.05) is 0 Å². The Balaban J connectivity index is 1.71. The zero-order valence-corrected chi connectivity index (χ0v) is 12.5. The lowest BCUT2D eigenvalue weighted by Gasteiger charge is -2.36. The number of hydrogen-bond acceptors (Lipinski definition) is 2. The van der Waals surface area contributed by atoms with Gasteiger partial charge in [-0.05, 0) is 63.3 Å². The van der Waals surface area contributed by atoms with E-state index in [1.54, 1.807) is 0 Å².